The van der Waals surface area contributed by atoms with Crippen LogP contribution in [0, 0.1) is 0 Å². The zero-order valence-corrected chi connectivity index (χ0v) is 10.1. The molecule has 0 aliphatic heterocycles. The fourth-order valence-electron chi connectivity index (χ4n) is 1.35. The molecule has 2 N–H and O–H groups in total. The van der Waals surface area contributed by atoms with Crippen LogP contribution in [-0.2, 0) is 6.42 Å². The lowest BCUT2D eigenvalue weighted by Crippen LogP contribution is -2.00. The van der Waals surface area contributed by atoms with Crippen LogP contribution in [0.1, 0.15) is 12.7 Å². The first-order valence-corrected chi connectivity index (χ1v) is 5.62. The van der Waals surface area contributed by atoms with E-state index in [1.165, 1.54) is 0 Å². The second-order valence-corrected chi connectivity index (χ2v) is 3.90. The quantitative estimate of drug-likeness (QED) is 0.908. The lowest BCUT2D eigenvalue weighted by Gasteiger charge is -2.06. The van der Waals surface area contributed by atoms with Crippen LogP contribution < -0.4 is 10.5 Å². The Morgan fingerprint density at radius 1 is 1.29 bits per heavy atom. The van der Waals surface area contributed by atoms with Gasteiger partial charge < -0.3 is 10.5 Å². The predicted molar refractivity (Wildman–Crippen MR) is 67.3 cm³/mol. The summed E-state index contributed by atoms with van der Waals surface area (Å²) in [5.74, 6) is 2.10. The molecule has 2 aromatic rings. The number of rotatable bonds is 3. The standard InChI is InChI=1S/C12H12ClN3O/c1-2-11-15-10(14)7-12(16-11)17-9-5-3-4-8(13)6-9/h3-7H,2H2,1H3,(H2,14,15,16). The molecular formula is C12H12ClN3O. The van der Waals surface area contributed by atoms with E-state index >= 15 is 0 Å². The van der Waals surface area contributed by atoms with E-state index in [9.17, 15) is 0 Å². The van der Waals surface area contributed by atoms with Crippen molar-refractivity contribution in [2.75, 3.05) is 5.73 Å². The lowest BCUT2D eigenvalue weighted by atomic mass is 10.3. The summed E-state index contributed by atoms with van der Waals surface area (Å²) in [6.07, 6.45) is 0.705. The average molecular weight is 250 g/mol. The Morgan fingerprint density at radius 2 is 2.12 bits per heavy atom. The fourth-order valence-corrected chi connectivity index (χ4v) is 1.53. The molecule has 1 aromatic heterocycles. The van der Waals surface area contributed by atoms with Gasteiger partial charge >= 0.3 is 0 Å². The molecule has 88 valence electrons. The van der Waals surface area contributed by atoms with Crippen LogP contribution in [-0.4, -0.2) is 9.97 Å². The van der Waals surface area contributed by atoms with Gasteiger partial charge in [-0.2, -0.15) is 4.98 Å². The van der Waals surface area contributed by atoms with Crippen LogP contribution in [0.4, 0.5) is 5.82 Å². The van der Waals surface area contributed by atoms with Crippen molar-refractivity contribution in [2.24, 2.45) is 0 Å². The third kappa shape index (κ3) is 3.07. The van der Waals surface area contributed by atoms with Gasteiger partial charge in [-0.3, -0.25) is 0 Å². The first-order chi connectivity index (χ1) is 8.17. The molecule has 0 unspecified atom stereocenters. The summed E-state index contributed by atoms with van der Waals surface area (Å²) in [5, 5.41) is 0.611. The van der Waals surface area contributed by atoms with Crippen molar-refractivity contribution in [3.63, 3.8) is 0 Å². The highest BCUT2D eigenvalue weighted by Gasteiger charge is 2.04. The number of aromatic nitrogens is 2. The maximum atomic E-state index is 5.86. The van der Waals surface area contributed by atoms with Gasteiger partial charge in [0, 0.05) is 17.5 Å². The number of nitrogens with zero attached hydrogens (tertiary/aromatic N) is 2. The topological polar surface area (TPSA) is 61.0 Å². The van der Waals surface area contributed by atoms with E-state index in [2.05, 4.69) is 9.97 Å². The van der Waals surface area contributed by atoms with Crippen LogP contribution in [0.2, 0.25) is 5.02 Å². The first-order valence-electron chi connectivity index (χ1n) is 5.24. The number of nitrogens with two attached hydrogens (primary N) is 1. The maximum Gasteiger partial charge on any atom is 0.224 e. The van der Waals surface area contributed by atoms with Gasteiger partial charge in [-0.15, -0.1) is 0 Å². The molecular weight excluding hydrogens is 238 g/mol. The molecule has 0 spiro atoms. The van der Waals surface area contributed by atoms with E-state index in [1.54, 1.807) is 24.3 Å². The summed E-state index contributed by atoms with van der Waals surface area (Å²) in [4.78, 5) is 8.29. The smallest absolute Gasteiger partial charge is 0.224 e. The molecule has 1 heterocycles. The second-order valence-electron chi connectivity index (χ2n) is 3.46. The molecule has 2 rings (SSSR count). The zero-order chi connectivity index (χ0) is 12.3. The summed E-state index contributed by atoms with van der Waals surface area (Å²) < 4.78 is 5.57. The van der Waals surface area contributed by atoms with Crippen LogP contribution in [0.3, 0.4) is 0 Å². The van der Waals surface area contributed by atoms with Gasteiger partial charge in [0.1, 0.15) is 17.4 Å². The Morgan fingerprint density at radius 3 is 2.82 bits per heavy atom. The third-order valence-corrected chi connectivity index (χ3v) is 2.34. The van der Waals surface area contributed by atoms with E-state index in [0.717, 1.165) is 0 Å². The SMILES string of the molecule is CCc1nc(N)cc(Oc2cccc(Cl)c2)n1. The Bertz CT molecular complexity index is 531. The van der Waals surface area contributed by atoms with Gasteiger partial charge in [0.05, 0.1) is 0 Å². The van der Waals surface area contributed by atoms with Crippen LogP contribution in [0.25, 0.3) is 0 Å². The third-order valence-electron chi connectivity index (χ3n) is 2.10. The number of ether oxygens (including phenoxy) is 1. The van der Waals surface area contributed by atoms with Crippen molar-refractivity contribution < 1.29 is 4.74 Å². The molecule has 0 atom stereocenters. The molecule has 5 heteroatoms. The predicted octanol–water partition coefficient (Wildman–Crippen LogP) is 3.07. The van der Waals surface area contributed by atoms with Crippen molar-refractivity contribution in [1.29, 1.82) is 0 Å². The first kappa shape index (κ1) is 11.7. The van der Waals surface area contributed by atoms with Crippen molar-refractivity contribution in [2.45, 2.75) is 13.3 Å². The Balaban J connectivity index is 2.26. The van der Waals surface area contributed by atoms with Gasteiger partial charge in [0.25, 0.3) is 0 Å². The van der Waals surface area contributed by atoms with Crippen molar-refractivity contribution in [1.82, 2.24) is 9.97 Å². The average Bonchev–Trinajstić information content (AvgIpc) is 2.28. The lowest BCUT2D eigenvalue weighted by molar-refractivity contribution is 0.459. The summed E-state index contributed by atoms with van der Waals surface area (Å²) in [6.45, 7) is 1.96. The minimum absolute atomic E-state index is 0.397. The van der Waals surface area contributed by atoms with Crippen LogP contribution >= 0.6 is 11.6 Å². The van der Waals surface area contributed by atoms with E-state index < -0.39 is 0 Å². The largest absolute Gasteiger partial charge is 0.439 e. The Kier molecular flexibility index (Phi) is 3.44. The van der Waals surface area contributed by atoms with Gasteiger partial charge in [-0.05, 0) is 18.2 Å². The van der Waals surface area contributed by atoms with E-state index in [1.807, 2.05) is 13.0 Å². The Labute approximate surface area is 104 Å². The van der Waals surface area contributed by atoms with Crippen LogP contribution in [0.15, 0.2) is 30.3 Å². The molecule has 0 bridgehead atoms. The van der Waals surface area contributed by atoms with Gasteiger partial charge in [0.2, 0.25) is 5.88 Å². The van der Waals surface area contributed by atoms with E-state index in [0.29, 0.717) is 34.7 Å². The molecule has 0 radical (unpaired) electrons. The molecule has 4 nitrogen and oxygen atoms in total. The molecule has 0 saturated heterocycles. The monoisotopic (exact) mass is 249 g/mol. The molecule has 1 aromatic carbocycles. The summed E-state index contributed by atoms with van der Waals surface area (Å²) in [5.41, 5.74) is 5.66. The fraction of sp³-hybridized carbons (Fsp3) is 0.167. The number of hydrogen-bond donors (Lipinski definition) is 1. The van der Waals surface area contributed by atoms with E-state index in [4.69, 9.17) is 22.1 Å². The van der Waals surface area contributed by atoms with Crippen molar-refractivity contribution in [3.8, 4) is 11.6 Å². The van der Waals surface area contributed by atoms with Crippen molar-refractivity contribution >= 4 is 17.4 Å². The highest BCUT2D eigenvalue weighted by atomic mass is 35.5. The Hall–Kier alpha value is -1.81. The molecule has 0 aliphatic carbocycles. The summed E-state index contributed by atoms with van der Waals surface area (Å²) >= 11 is 5.86. The molecule has 0 aliphatic rings. The van der Waals surface area contributed by atoms with Gasteiger partial charge in [-0.25, -0.2) is 4.98 Å². The number of anilines is 1. The number of halogens is 1. The molecule has 0 saturated carbocycles. The second kappa shape index (κ2) is 5.01. The molecule has 17 heavy (non-hydrogen) atoms. The molecule has 0 fully saturated rings. The van der Waals surface area contributed by atoms with Gasteiger partial charge in [0.15, 0.2) is 0 Å². The van der Waals surface area contributed by atoms with Crippen LogP contribution in [0.5, 0.6) is 11.6 Å². The number of aryl methyl sites for hydroxylation is 1. The normalized spacial score (nSPS) is 10.2. The number of benzene rings is 1. The molecule has 0 amide bonds. The zero-order valence-electron chi connectivity index (χ0n) is 9.35. The van der Waals surface area contributed by atoms with Crippen molar-refractivity contribution in [3.05, 3.63) is 41.2 Å². The minimum Gasteiger partial charge on any atom is -0.439 e. The highest BCUT2D eigenvalue weighted by Crippen LogP contribution is 2.23. The van der Waals surface area contributed by atoms with Gasteiger partial charge in [-0.1, -0.05) is 24.6 Å². The minimum atomic E-state index is 0.397. The summed E-state index contributed by atoms with van der Waals surface area (Å²) in [7, 11) is 0. The van der Waals surface area contributed by atoms with E-state index in [-0.39, 0.29) is 0 Å². The number of nitrogen functional groups attached to an aromatic ring is 1. The maximum absolute atomic E-state index is 5.86. The highest BCUT2D eigenvalue weighted by molar-refractivity contribution is 6.30. The summed E-state index contributed by atoms with van der Waals surface area (Å²) in [6, 6.07) is 8.69. The number of hydrogen-bond acceptors (Lipinski definition) is 4.